The highest BCUT2D eigenvalue weighted by Crippen LogP contribution is 2.14. The Labute approximate surface area is 183 Å². The largest absolute Gasteiger partial charge is 0.376 e. The fourth-order valence-corrected chi connectivity index (χ4v) is 4.59. The van der Waals surface area contributed by atoms with Gasteiger partial charge in [0, 0.05) is 26.3 Å². The predicted octanol–water partition coefficient (Wildman–Crippen LogP) is 0.576. The number of sulfonamides is 1. The van der Waals surface area contributed by atoms with Crippen molar-refractivity contribution in [3.63, 3.8) is 0 Å². The van der Waals surface area contributed by atoms with Crippen molar-refractivity contribution in [1.82, 2.24) is 14.9 Å². The Morgan fingerprint density at radius 2 is 1.71 bits per heavy atom. The van der Waals surface area contributed by atoms with Crippen molar-refractivity contribution in [3.05, 3.63) is 29.8 Å². The number of ether oxygens (including phenoxy) is 2. The number of aryl methyl sites for hydroxylation is 1. The summed E-state index contributed by atoms with van der Waals surface area (Å²) < 4.78 is 38.4. The van der Waals surface area contributed by atoms with Gasteiger partial charge >= 0.3 is 0 Å². The van der Waals surface area contributed by atoms with Crippen LogP contribution in [0.15, 0.2) is 29.2 Å². The SMILES string of the molecule is Cc1ccc(S(=O)(=O)NCC(=O)N(CC(=O)NC[C@@H]2CCCO2)C[C@H]2CCCO2)cc1. The zero-order valence-electron chi connectivity index (χ0n) is 17.8. The van der Waals surface area contributed by atoms with Gasteiger partial charge in [0.25, 0.3) is 0 Å². The summed E-state index contributed by atoms with van der Waals surface area (Å²) in [6.45, 7) is 3.25. The molecule has 0 aromatic heterocycles. The number of rotatable bonds is 10. The molecule has 2 atom stereocenters. The number of amides is 2. The van der Waals surface area contributed by atoms with Crippen LogP contribution in [0.2, 0.25) is 0 Å². The maximum absolute atomic E-state index is 12.8. The molecule has 0 unspecified atom stereocenters. The third-order valence-electron chi connectivity index (χ3n) is 5.43. The normalized spacial score (nSPS) is 21.2. The highest BCUT2D eigenvalue weighted by molar-refractivity contribution is 7.89. The summed E-state index contributed by atoms with van der Waals surface area (Å²) in [6.07, 6.45) is 3.44. The molecule has 2 heterocycles. The summed E-state index contributed by atoms with van der Waals surface area (Å²) in [4.78, 5) is 26.6. The fraction of sp³-hybridized carbons (Fsp3) is 0.619. The molecule has 1 aromatic rings. The van der Waals surface area contributed by atoms with Crippen molar-refractivity contribution in [2.24, 2.45) is 0 Å². The number of carbonyl (C=O) groups excluding carboxylic acids is 2. The average molecular weight is 454 g/mol. The van der Waals surface area contributed by atoms with Gasteiger partial charge in [-0.05, 0) is 44.7 Å². The zero-order chi connectivity index (χ0) is 22.3. The molecular weight excluding hydrogens is 422 g/mol. The molecule has 9 nitrogen and oxygen atoms in total. The van der Waals surface area contributed by atoms with Gasteiger partial charge in [0.05, 0.1) is 30.2 Å². The minimum atomic E-state index is -3.83. The molecule has 2 aliphatic heterocycles. The molecule has 2 aliphatic rings. The first-order valence-electron chi connectivity index (χ1n) is 10.7. The van der Waals surface area contributed by atoms with E-state index in [0.29, 0.717) is 19.8 Å². The van der Waals surface area contributed by atoms with Gasteiger partial charge in [-0.25, -0.2) is 13.1 Å². The molecule has 0 radical (unpaired) electrons. The van der Waals surface area contributed by atoms with Gasteiger partial charge in [-0.3, -0.25) is 9.59 Å². The molecule has 0 bridgehead atoms. The molecule has 3 rings (SSSR count). The average Bonchev–Trinajstić information content (AvgIpc) is 3.44. The van der Waals surface area contributed by atoms with Crippen LogP contribution in [0.4, 0.5) is 0 Å². The maximum atomic E-state index is 12.8. The summed E-state index contributed by atoms with van der Waals surface area (Å²) in [5.74, 6) is -0.776. The lowest BCUT2D eigenvalue weighted by Gasteiger charge is -2.25. The Kier molecular flexibility index (Phi) is 8.42. The summed E-state index contributed by atoms with van der Waals surface area (Å²) in [5, 5.41) is 2.80. The Morgan fingerprint density at radius 1 is 1.06 bits per heavy atom. The summed E-state index contributed by atoms with van der Waals surface area (Å²) in [6, 6.07) is 6.37. The van der Waals surface area contributed by atoms with Gasteiger partial charge in [0.2, 0.25) is 21.8 Å². The Balaban J connectivity index is 1.56. The third-order valence-corrected chi connectivity index (χ3v) is 6.85. The monoisotopic (exact) mass is 453 g/mol. The Bertz CT molecular complexity index is 846. The van der Waals surface area contributed by atoms with E-state index in [1.807, 2.05) is 6.92 Å². The minimum absolute atomic E-state index is 0.00702. The standard InChI is InChI=1S/C21H31N3O6S/c1-16-6-8-19(9-7-16)31(27,28)23-13-21(26)24(14-18-5-3-11-30-18)15-20(25)22-12-17-4-2-10-29-17/h6-9,17-18,23H,2-5,10-15H2,1H3,(H,22,25)/t17-,18+/m0/s1. The molecule has 31 heavy (non-hydrogen) atoms. The molecule has 172 valence electrons. The van der Waals surface area contributed by atoms with Gasteiger partial charge in [0.1, 0.15) is 0 Å². The molecule has 2 fully saturated rings. The highest BCUT2D eigenvalue weighted by Gasteiger charge is 2.26. The van der Waals surface area contributed by atoms with E-state index < -0.39 is 22.5 Å². The molecule has 2 saturated heterocycles. The van der Waals surface area contributed by atoms with E-state index in [4.69, 9.17) is 9.47 Å². The van der Waals surface area contributed by atoms with E-state index in [2.05, 4.69) is 10.0 Å². The molecule has 1 aromatic carbocycles. The lowest BCUT2D eigenvalue weighted by Crippen LogP contribution is -2.48. The summed E-state index contributed by atoms with van der Waals surface area (Å²) >= 11 is 0. The van der Waals surface area contributed by atoms with Gasteiger partial charge in [-0.15, -0.1) is 0 Å². The first-order valence-corrected chi connectivity index (χ1v) is 12.2. The second-order valence-electron chi connectivity index (χ2n) is 7.99. The topological polar surface area (TPSA) is 114 Å². The number of nitrogens with one attached hydrogen (secondary N) is 2. The van der Waals surface area contributed by atoms with Crippen molar-refractivity contribution in [2.45, 2.75) is 49.7 Å². The van der Waals surface area contributed by atoms with E-state index in [-0.39, 0.29) is 36.1 Å². The van der Waals surface area contributed by atoms with Crippen LogP contribution in [0, 0.1) is 6.92 Å². The van der Waals surface area contributed by atoms with Crippen molar-refractivity contribution in [1.29, 1.82) is 0 Å². The van der Waals surface area contributed by atoms with Gasteiger partial charge in [-0.1, -0.05) is 17.7 Å². The molecule has 10 heteroatoms. The van der Waals surface area contributed by atoms with Gasteiger partial charge < -0.3 is 19.7 Å². The van der Waals surface area contributed by atoms with Crippen LogP contribution in [0.3, 0.4) is 0 Å². The van der Waals surface area contributed by atoms with Crippen LogP contribution in [0.25, 0.3) is 0 Å². The Hall–Kier alpha value is -2.01. The number of nitrogens with zero attached hydrogens (tertiary/aromatic N) is 1. The summed E-state index contributed by atoms with van der Waals surface area (Å²) in [7, 11) is -3.83. The lowest BCUT2D eigenvalue weighted by atomic mass is 10.2. The second kappa shape index (κ2) is 11.0. The van der Waals surface area contributed by atoms with Crippen molar-refractivity contribution in [2.75, 3.05) is 39.4 Å². The molecule has 2 amide bonds. The van der Waals surface area contributed by atoms with Gasteiger partial charge in [-0.2, -0.15) is 0 Å². The highest BCUT2D eigenvalue weighted by atomic mass is 32.2. The minimum Gasteiger partial charge on any atom is -0.376 e. The first kappa shape index (κ1) is 23.6. The molecule has 0 spiro atoms. The molecule has 0 aliphatic carbocycles. The lowest BCUT2D eigenvalue weighted by molar-refractivity contribution is -0.136. The quantitative estimate of drug-likeness (QED) is 0.536. The van der Waals surface area contributed by atoms with Crippen molar-refractivity contribution < 1.29 is 27.5 Å². The van der Waals surface area contributed by atoms with E-state index in [1.54, 1.807) is 12.1 Å². The van der Waals surface area contributed by atoms with Crippen molar-refractivity contribution >= 4 is 21.8 Å². The maximum Gasteiger partial charge on any atom is 0.241 e. The van der Waals surface area contributed by atoms with Crippen LogP contribution in [-0.2, 0) is 29.1 Å². The zero-order valence-corrected chi connectivity index (χ0v) is 18.7. The van der Waals surface area contributed by atoms with Crippen LogP contribution in [0.1, 0.15) is 31.2 Å². The smallest absolute Gasteiger partial charge is 0.241 e. The van der Waals surface area contributed by atoms with E-state index in [9.17, 15) is 18.0 Å². The van der Waals surface area contributed by atoms with Crippen LogP contribution in [0.5, 0.6) is 0 Å². The number of carbonyl (C=O) groups is 2. The number of benzene rings is 1. The van der Waals surface area contributed by atoms with Crippen LogP contribution >= 0.6 is 0 Å². The van der Waals surface area contributed by atoms with E-state index in [0.717, 1.165) is 31.2 Å². The van der Waals surface area contributed by atoms with E-state index >= 15 is 0 Å². The Morgan fingerprint density at radius 3 is 2.32 bits per heavy atom. The van der Waals surface area contributed by atoms with Crippen LogP contribution in [-0.4, -0.2) is 76.7 Å². The molecule has 2 N–H and O–H groups in total. The summed E-state index contributed by atoms with van der Waals surface area (Å²) in [5.41, 5.74) is 0.937. The van der Waals surface area contributed by atoms with Gasteiger partial charge in [0.15, 0.2) is 0 Å². The second-order valence-corrected chi connectivity index (χ2v) is 9.75. The van der Waals surface area contributed by atoms with Crippen molar-refractivity contribution in [3.8, 4) is 0 Å². The first-order chi connectivity index (χ1) is 14.8. The van der Waals surface area contributed by atoms with Crippen LogP contribution < -0.4 is 10.0 Å². The predicted molar refractivity (Wildman–Crippen MR) is 114 cm³/mol. The van der Waals surface area contributed by atoms with E-state index in [1.165, 1.54) is 17.0 Å². The fourth-order valence-electron chi connectivity index (χ4n) is 3.62. The number of hydrogen-bond donors (Lipinski definition) is 2. The number of hydrogen-bond acceptors (Lipinski definition) is 6. The third kappa shape index (κ3) is 7.27. The molecule has 0 saturated carbocycles. The molecular formula is C21H31N3O6S.